The highest BCUT2D eigenvalue weighted by molar-refractivity contribution is 6.62. The van der Waals surface area contributed by atoms with Gasteiger partial charge in [0, 0.05) is 23.9 Å². The second-order valence-electron chi connectivity index (χ2n) is 4.90. The van der Waals surface area contributed by atoms with Crippen LogP contribution in [0.5, 0.6) is 0 Å². The fourth-order valence-electron chi connectivity index (χ4n) is 2.08. The number of fused-ring (bicyclic) bond motifs is 1. The number of hydrogen-bond donors (Lipinski definition) is 2. The van der Waals surface area contributed by atoms with E-state index in [9.17, 15) is 0 Å². The average molecular weight is 267 g/mol. The van der Waals surface area contributed by atoms with Crippen LogP contribution in [0.2, 0.25) is 0 Å². The van der Waals surface area contributed by atoms with Crippen molar-refractivity contribution in [3.05, 3.63) is 36.4 Å². The first-order valence-corrected chi connectivity index (χ1v) is 6.64. The molecule has 1 heterocycles. The van der Waals surface area contributed by atoms with Crippen LogP contribution in [0.15, 0.2) is 45.8 Å². The van der Waals surface area contributed by atoms with Gasteiger partial charge in [-0.15, -0.1) is 0 Å². The third-order valence-electron chi connectivity index (χ3n) is 3.33. The third-order valence-corrected chi connectivity index (χ3v) is 3.33. The molecule has 0 atom stereocenters. The molecule has 1 aliphatic carbocycles. The minimum atomic E-state index is 0.228. The van der Waals surface area contributed by atoms with Gasteiger partial charge >= 0.3 is 0 Å². The maximum Gasteiger partial charge on any atom is 0.215 e. The summed E-state index contributed by atoms with van der Waals surface area (Å²) in [7, 11) is 1.62. The SMILES string of the molecule is C=C1C(=NC(N)=NC)C(=NC2CC2)Nc2ccccc21. The Kier molecular flexibility index (Phi) is 3.10. The molecule has 102 valence electrons. The van der Waals surface area contributed by atoms with Crippen LogP contribution in [-0.2, 0) is 0 Å². The van der Waals surface area contributed by atoms with Crippen LogP contribution in [0.3, 0.4) is 0 Å². The van der Waals surface area contributed by atoms with Gasteiger partial charge in [-0.2, -0.15) is 0 Å². The zero-order valence-electron chi connectivity index (χ0n) is 11.4. The van der Waals surface area contributed by atoms with Crippen molar-refractivity contribution in [2.75, 3.05) is 12.4 Å². The summed E-state index contributed by atoms with van der Waals surface area (Å²) in [6.45, 7) is 4.14. The molecule has 1 saturated carbocycles. The Hall–Kier alpha value is -2.43. The molecule has 1 fully saturated rings. The minimum Gasteiger partial charge on any atom is -0.368 e. The van der Waals surface area contributed by atoms with Crippen molar-refractivity contribution in [1.82, 2.24) is 0 Å². The monoisotopic (exact) mass is 267 g/mol. The van der Waals surface area contributed by atoms with E-state index in [0.717, 1.165) is 35.5 Å². The molecule has 0 radical (unpaired) electrons. The van der Waals surface area contributed by atoms with E-state index in [1.165, 1.54) is 0 Å². The molecule has 0 saturated heterocycles. The number of benzene rings is 1. The number of para-hydroxylation sites is 1. The van der Waals surface area contributed by atoms with Gasteiger partial charge in [0.25, 0.3) is 0 Å². The molecule has 0 amide bonds. The molecule has 1 aliphatic heterocycles. The predicted molar refractivity (Wildman–Crippen MR) is 84.5 cm³/mol. The van der Waals surface area contributed by atoms with Gasteiger partial charge in [0.2, 0.25) is 5.96 Å². The molecule has 0 spiro atoms. The first-order valence-electron chi connectivity index (χ1n) is 6.64. The van der Waals surface area contributed by atoms with E-state index in [0.29, 0.717) is 11.8 Å². The van der Waals surface area contributed by atoms with Crippen LogP contribution < -0.4 is 11.1 Å². The standard InChI is InChI=1S/C15H17N5/c1-9-11-5-3-4-6-12(11)19-14(18-10-7-8-10)13(9)20-15(16)17-2/h3-6,10H,1,7-8H2,2H3,(H2,16,17)(H,18,19). The normalized spacial score (nSPS) is 22.9. The molecule has 5 heteroatoms. The average Bonchev–Trinajstić information content (AvgIpc) is 3.27. The van der Waals surface area contributed by atoms with Crippen LogP contribution in [0, 0.1) is 0 Å². The van der Waals surface area contributed by atoms with Crippen molar-refractivity contribution < 1.29 is 0 Å². The zero-order valence-corrected chi connectivity index (χ0v) is 11.4. The summed E-state index contributed by atoms with van der Waals surface area (Å²) in [4.78, 5) is 12.9. The molecule has 1 aromatic rings. The second-order valence-corrected chi connectivity index (χ2v) is 4.90. The molecule has 20 heavy (non-hydrogen) atoms. The summed E-state index contributed by atoms with van der Waals surface area (Å²) in [6, 6.07) is 8.37. The lowest BCUT2D eigenvalue weighted by atomic mass is 9.96. The maximum atomic E-state index is 5.73. The molecule has 0 aromatic heterocycles. The molecule has 0 unspecified atom stereocenters. The lowest BCUT2D eigenvalue weighted by Crippen LogP contribution is -2.31. The van der Waals surface area contributed by atoms with Crippen molar-refractivity contribution in [1.29, 1.82) is 0 Å². The largest absolute Gasteiger partial charge is 0.368 e. The van der Waals surface area contributed by atoms with Gasteiger partial charge in [-0.25, -0.2) is 4.99 Å². The molecule has 5 nitrogen and oxygen atoms in total. The third kappa shape index (κ3) is 2.34. The molecular formula is C15H17N5. The summed E-state index contributed by atoms with van der Waals surface area (Å²) in [5, 5.41) is 3.33. The summed E-state index contributed by atoms with van der Waals surface area (Å²) < 4.78 is 0. The molecule has 0 bridgehead atoms. The van der Waals surface area contributed by atoms with Crippen molar-refractivity contribution >= 4 is 28.8 Å². The lowest BCUT2D eigenvalue weighted by Gasteiger charge is -2.23. The number of amidine groups is 1. The van der Waals surface area contributed by atoms with Gasteiger partial charge in [-0.3, -0.25) is 9.98 Å². The van der Waals surface area contributed by atoms with Gasteiger partial charge in [0.15, 0.2) is 5.84 Å². The van der Waals surface area contributed by atoms with E-state index in [1.807, 2.05) is 24.3 Å². The van der Waals surface area contributed by atoms with Crippen molar-refractivity contribution in [3.63, 3.8) is 0 Å². The van der Waals surface area contributed by atoms with Crippen LogP contribution in [0.4, 0.5) is 5.69 Å². The Balaban J connectivity index is 2.09. The van der Waals surface area contributed by atoms with E-state index >= 15 is 0 Å². The first kappa shape index (κ1) is 12.6. The zero-order chi connectivity index (χ0) is 14.1. The van der Waals surface area contributed by atoms with Crippen molar-refractivity contribution in [2.24, 2.45) is 20.7 Å². The molecule has 2 aliphatic rings. The highest BCUT2D eigenvalue weighted by atomic mass is 15.1. The minimum absolute atomic E-state index is 0.228. The topological polar surface area (TPSA) is 75.1 Å². The Morgan fingerprint density at radius 2 is 2.10 bits per heavy atom. The molecular weight excluding hydrogens is 250 g/mol. The van der Waals surface area contributed by atoms with Crippen molar-refractivity contribution in [2.45, 2.75) is 18.9 Å². The quantitative estimate of drug-likeness (QED) is 0.603. The van der Waals surface area contributed by atoms with Crippen LogP contribution in [0.25, 0.3) is 5.57 Å². The summed E-state index contributed by atoms with van der Waals surface area (Å²) >= 11 is 0. The maximum absolute atomic E-state index is 5.73. The summed E-state index contributed by atoms with van der Waals surface area (Å²) in [5.41, 5.74) is 9.26. The number of nitrogens with zero attached hydrogens (tertiary/aromatic N) is 3. The number of anilines is 1. The van der Waals surface area contributed by atoms with Gasteiger partial charge < -0.3 is 11.1 Å². The Bertz CT molecular complexity index is 650. The van der Waals surface area contributed by atoms with Crippen molar-refractivity contribution in [3.8, 4) is 0 Å². The van der Waals surface area contributed by atoms with E-state index in [4.69, 9.17) is 5.73 Å². The smallest absolute Gasteiger partial charge is 0.215 e. The van der Waals surface area contributed by atoms with Crippen LogP contribution >= 0.6 is 0 Å². The molecule has 3 N–H and O–H groups in total. The van der Waals surface area contributed by atoms with Gasteiger partial charge in [-0.1, -0.05) is 24.8 Å². The van der Waals surface area contributed by atoms with Crippen LogP contribution in [-0.4, -0.2) is 30.6 Å². The van der Waals surface area contributed by atoms with Gasteiger partial charge in [0.1, 0.15) is 5.71 Å². The van der Waals surface area contributed by atoms with Crippen LogP contribution in [0.1, 0.15) is 18.4 Å². The fourth-order valence-corrected chi connectivity index (χ4v) is 2.08. The number of aliphatic imine (C=N–C) groups is 3. The molecule has 3 rings (SSSR count). The highest BCUT2D eigenvalue weighted by Crippen LogP contribution is 2.31. The number of guanidine groups is 1. The van der Waals surface area contributed by atoms with Gasteiger partial charge in [0.05, 0.1) is 6.04 Å². The lowest BCUT2D eigenvalue weighted by molar-refractivity contribution is 1.07. The fraction of sp³-hybridized carbons (Fsp3) is 0.267. The van der Waals surface area contributed by atoms with E-state index in [-0.39, 0.29) is 5.96 Å². The van der Waals surface area contributed by atoms with E-state index in [1.54, 1.807) is 7.05 Å². The summed E-state index contributed by atoms with van der Waals surface area (Å²) in [5.74, 6) is 0.966. The Morgan fingerprint density at radius 3 is 2.80 bits per heavy atom. The number of nitrogens with one attached hydrogen (secondary N) is 1. The molecule has 1 aromatic carbocycles. The number of hydrogen-bond acceptors (Lipinski definition) is 2. The highest BCUT2D eigenvalue weighted by Gasteiger charge is 2.27. The predicted octanol–water partition coefficient (Wildman–Crippen LogP) is 2.07. The number of rotatable bonds is 1. The van der Waals surface area contributed by atoms with E-state index in [2.05, 4.69) is 26.9 Å². The summed E-state index contributed by atoms with van der Waals surface area (Å²) in [6.07, 6.45) is 2.26. The van der Waals surface area contributed by atoms with Gasteiger partial charge in [-0.05, 0) is 18.9 Å². The number of nitrogens with two attached hydrogens (primary N) is 1. The van der Waals surface area contributed by atoms with E-state index < -0.39 is 0 Å². The second kappa shape index (κ2) is 4.92. The first-order chi connectivity index (χ1) is 9.69. The Labute approximate surface area is 118 Å². The Morgan fingerprint density at radius 1 is 1.35 bits per heavy atom.